The average molecular weight is 381 g/mol. The van der Waals surface area contributed by atoms with Crippen LogP contribution >= 0.6 is 15.9 Å². The molecule has 3 nitrogen and oxygen atoms in total. The van der Waals surface area contributed by atoms with Crippen molar-refractivity contribution in [1.82, 2.24) is 10.2 Å². The lowest BCUT2D eigenvalue weighted by molar-refractivity contribution is -0.148. The number of benzene rings is 1. The van der Waals surface area contributed by atoms with E-state index in [0.29, 0.717) is 19.6 Å². The minimum atomic E-state index is -4.11. The fourth-order valence-corrected chi connectivity index (χ4v) is 3.10. The molecule has 1 aliphatic heterocycles. The number of rotatable bonds is 5. The van der Waals surface area contributed by atoms with Crippen LogP contribution in [0.25, 0.3) is 0 Å². The minimum absolute atomic E-state index is 0.244. The number of alkyl halides is 3. The molecule has 0 unspecified atom stereocenters. The van der Waals surface area contributed by atoms with Gasteiger partial charge in [0.2, 0.25) is 0 Å². The molecule has 1 N–H and O–H groups in total. The Bertz CT molecular complexity index is 488. The van der Waals surface area contributed by atoms with Crippen LogP contribution in [0.15, 0.2) is 22.7 Å². The zero-order valence-electron chi connectivity index (χ0n) is 12.4. The Morgan fingerprint density at radius 3 is 2.59 bits per heavy atom. The van der Waals surface area contributed by atoms with E-state index in [9.17, 15) is 13.2 Å². The second kappa shape index (κ2) is 7.66. The molecule has 0 saturated carbocycles. The van der Waals surface area contributed by atoms with Crippen molar-refractivity contribution in [1.29, 1.82) is 0 Å². The van der Waals surface area contributed by atoms with Gasteiger partial charge in [-0.05, 0) is 44.1 Å². The predicted octanol–water partition coefficient (Wildman–Crippen LogP) is 3.57. The summed E-state index contributed by atoms with van der Waals surface area (Å²) < 4.78 is 43.4. The Balaban J connectivity index is 1.81. The third-order valence-electron chi connectivity index (χ3n) is 3.81. The highest BCUT2D eigenvalue weighted by molar-refractivity contribution is 9.10. The number of nitrogens with zero attached hydrogens (tertiary/aromatic N) is 1. The van der Waals surface area contributed by atoms with Gasteiger partial charge in [-0.15, -0.1) is 0 Å². The number of likely N-dealkylation sites (tertiary alicyclic amines) is 1. The monoisotopic (exact) mass is 380 g/mol. The quantitative estimate of drug-likeness (QED) is 0.844. The van der Waals surface area contributed by atoms with Gasteiger partial charge in [-0.2, -0.15) is 13.2 Å². The summed E-state index contributed by atoms with van der Waals surface area (Å²) in [4.78, 5) is 1.47. The van der Waals surface area contributed by atoms with E-state index in [2.05, 4.69) is 21.2 Å². The van der Waals surface area contributed by atoms with Crippen molar-refractivity contribution < 1.29 is 17.9 Å². The Hall–Kier alpha value is -0.790. The summed E-state index contributed by atoms with van der Waals surface area (Å²) in [5, 5.41) is 3.41. The van der Waals surface area contributed by atoms with E-state index in [1.807, 2.05) is 18.2 Å². The maximum absolute atomic E-state index is 12.4. The van der Waals surface area contributed by atoms with Gasteiger partial charge in [0, 0.05) is 22.6 Å². The van der Waals surface area contributed by atoms with Crippen molar-refractivity contribution in [2.75, 3.05) is 26.7 Å². The standard InChI is InChI=1S/C15H20BrF3N2O/c1-22-14-3-2-12(16)8-11(14)9-20-13-4-6-21(7-5-13)10-15(17,18)19/h2-3,8,13,20H,4-7,9-10H2,1H3. The molecule has 2 rings (SSSR count). The van der Waals surface area contributed by atoms with Crippen LogP contribution in [0.1, 0.15) is 18.4 Å². The maximum Gasteiger partial charge on any atom is 0.401 e. The van der Waals surface area contributed by atoms with Gasteiger partial charge in [-0.1, -0.05) is 15.9 Å². The Morgan fingerprint density at radius 1 is 1.32 bits per heavy atom. The molecule has 1 fully saturated rings. The summed E-state index contributed by atoms with van der Waals surface area (Å²) in [7, 11) is 1.63. The summed E-state index contributed by atoms with van der Waals surface area (Å²) in [5.41, 5.74) is 1.04. The molecule has 1 aliphatic rings. The first-order valence-corrected chi connectivity index (χ1v) is 8.01. The SMILES string of the molecule is COc1ccc(Br)cc1CNC1CCN(CC(F)(F)F)CC1. The molecule has 0 atom stereocenters. The molecule has 0 aromatic heterocycles. The van der Waals surface area contributed by atoms with Gasteiger partial charge in [-0.25, -0.2) is 0 Å². The molecule has 0 bridgehead atoms. The van der Waals surface area contributed by atoms with Crippen molar-refractivity contribution in [2.45, 2.75) is 31.6 Å². The Morgan fingerprint density at radius 2 is 2.00 bits per heavy atom. The third kappa shape index (κ3) is 5.44. The van der Waals surface area contributed by atoms with Gasteiger partial charge in [0.15, 0.2) is 0 Å². The normalized spacial score (nSPS) is 17.7. The summed E-state index contributed by atoms with van der Waals surface area (Å²) in [5.74, 6) is 0.810. The molecule has 1 saturated heterocycles. The lowest BCUT2D eigenvalue weighted by Gasteiger charge is -2.32. The highest BCUT2D eigenvalue weighted by Crippen LogP contribution is 2.24. The summed E-state index contributed by atoms with van der Waals surface area (Å²) in [6.07, 6.45) is -2.65. The molecule has 1 heterocycles. The molecule has 0 amide bonds. The van der Waals surface area contributed by atoms with Crippen LogP contribution in [-0.4, -0.2) is 43.9 Å². The fourth-order valence-electron chi connectivity index (χ4n) is 2.69. The molecule has 0 radical (unpaired) electrons. The summed E-state index contributed by atoms with van der Waals surface area (Å²) in [6, 6.07) is 6.04. The molecule has 0 aliphatic carbocycles. The number of methoxy groups -OCH3 is 1. The van der Waals surface area contributed by atoms with Crippen molar-refractivity contribution in [3.05, 3.63) is 28.2 Å². The van der Waals surface area contributed by atoms with Crippen LogP contribution in [0, 0.1) is 0 Å². The smallest absolute Gasteiger partial charge is 0.401 e. The third-order valence-corrected chi connectivity index (χ3v) is 4.31. The molecule has 7 heteroatoms. The fraction of sp³-hybridized carbons (Fsp3) is 0.600. The van der Waals surface area contributed by atoms with E-state index in [-0.39, 0.29) is 6.04 Å². The maximum atomic E-state index is 12.4. The second-order valence-corrected chi connectivity index (χ2v) is 6.42. The van der Waals surface area contributed by atoms with Gasteiger partial charge in [-0.3, -0.25) is 4.90 Å². The van der Waals surface area contributed by atoms with Gasteiger partial charge in [0.25, 0.3) is 0 Å². The number of ether oxygens (including phenoxy) is 1. The number of piperidine rings is 1. The minimum Gasteiger partial charge on any atom is -0.496 e. The number of halogens is 4. The van der Waals surface area contributed by atoms with Crippen LogP contribution in [0.5, 0.6) is 5.75 Å². The van der Waals surface area contributed by atoms with Crippen LogP contribution in [0.3, 0.4) is 0 Å². The lowest BCUT2D eigenvalue weighted by Crippen LogP contribution is -2.45. The van der Waals surface area contributed by atoms with Gasteiger partial charge in [0.05, 0.1) is 13.7 Å². The Labute approximate surface area is 136 Å². The largest absolute Gasteiger partial charge is 0.496 e. The highest BCUT2D eigenvalue weighted by atomic mass is 79.9. The van der Waals surface area contributed by atoms with Crippen molar-refractivity contribution in [3.63, 3.8) is 0 Å². The van der Waals surface area contributed by atoms with Crippen molar-refractivity contribution in [2.24, 2.45) is 0 Å². The van der Waals surface area contributed by atoms with E-state index in [1.165, 1.54) is 4.90 Å². The number of nitrogens with one attached hydrogen (secondary N) is 1. The van der Waals surface area contributed by atoms with Gasteiger partial charge in [0.1, 0.15) is 5.75 Å². The van der Waals surface area contributed by atoms with Crippen LogP contribution < -0.4 is 10.1 Å². The average Bonchev–Trinajstić information content (AvgIpc) is 2.45. The molecular weight excluding hydrogens is 361 g/mol. The molecular formula is C15H20BrF3N2O. The van der Waals surface area contributed by atoms with Crippen molar-refractivity contribution in [3.8, 4) is 5.75 Å². The van der Waals surface area contributed by atoms with E-state index in [4.69, 9.17) is 4.74 Å². The molecule has 22 heavy (non-hydrogen) atoms. The summed E-state index contributed by atoms with van der Waals surface area (Å²) in [6.45, 7) is 0.797. The molecule has 124 valence electrons. The molecule has 1 aromatic carbocycles. The van der Waals surface area contributed by atoms with Crippen LogP contribution in [0.2, 0.25) is 0 Å². The predicted molar refractivity (Wildman–Crippen MR) is 83.1 cm³/mol. The van der Waals surface area contributed by atoms with E-state index >= 15 is 0 Å². The van der Waals surface area contributed by atoms with Crippen LogP contribution in [0.4, 0.5) is 13.2 Å². The number of hydrogen-bond acceptors (Lipinski definition) is 3. The zero-order valence-corrected chi connectivity index (χ0v) is 14.0. The van der Waals surface area contributed by atoms with Gasteiger partial charge < -0.3 is 10.1 Å². The molecule has 0 spiro atoms. The van der Waals surface area contributed by atoms with Gasteiger partial charge >= 0.3 is 6.18 Å². The Kier molecular flexibility index (Phi) is 6.11. The lowest BCUT2D eigenvalue weighted by atomic mass is 10.0. The van der Waals surface area contributed by atoms with E-state index in [0.717, 1.165) is 28.6 Å². The van der Waals surface area contributed by atoms with E-state index < -0.39 is 12.7 Å². The number of hydrogen-bond donors (Lipinski definition) is 1. The first kappa shape index (κ1) is 17.6. The molecule has 1 aromatic rings. The zero-order chi connectivity index (χ0) is 16.2. The highest BCUT2D eigenvalue weighted by Gasteiger charge is 2.32. The van der Waals surface area contributed by atoms with E-state index in [1.54, 1.807) is 7.11 Å². The second-order valence-electron chi connectivity index (χ2n) is 5.50. The first-order chi connectivity index (χ1) is 10.4. The van der Waals surface area contributed by atoms with Crippen LogP contribution in [-0.2, 0) is 6.54 Å². The van der Waals surface area contributed by atoms with Crippen molar-refractivity contribution >= 4 is 15.9 Å². The first-order valence-electron chi connectivity index (χ1n) is 7.22. The summed E-state index contributed by atoms with van der Waals surface area (Å²) >= 11 is 3.43. The topological polar surface area (TPSA) is 24.5 Å².